The molecular formula is C13H14BrClN2O2S. The lowest BCUT2D eigenvalue weighted by molar-refractivity contribution is -0.126. The van der Waals surface area contributed by atoms with Crippen molar-refractivity contribution in [3.05, 3.63) is 27.7 Å². The van der Waals surface area contributed by atoms with E-state index in [1.54, 1.807) is 18.2 Å². The summed E-state index contributed by atoms with van der Waals surface area (Å²) in [5.41, 5.74) is 5.57. The third-order valence-electron chi connectivity index (χ3n) is 3.43. The minimum Gasteiger partial charge on any atom is -0.392 e. The molecule has 0 bridgehead atoms. The molecule has 1 saturated heterocycles. The molecule has 1 heterocycles. The number of amides is 1. The molecule has 1 aromatic carbocycles. The molecule has 0 aliphatic carbocycles. The first-order valence-corrected chi connectivity index (χ1v) is 7.68. The number of anilines is 1. The highest BCUT2D eigenvalue weighted by atomic mass is 79.9. The van der Waals surface area contributed by atoms with Gasteiger partial charge in [0.05, 0.1) is 10.0 Å². The first-order valence-electron chi connectivity index (χ1n) is 6.10. The second-order valence-electron chi connectivity index (χ2n) is 4.64. The lowest BCUT2D eigenvalue weighted by atomic mass is 9.79. The Hall–Kier alpha value is -0.690. The van der Waals surface area contributed by atoms with Crippen LogP contribution in [0.5, 0.6) is 0 Å². The van der Waals surface area contributed by atoms with Crippen molar-refractivity contribution in [3.8, 4) is 0 Å². The Morgan fingerprint density at radius 3 is 2.65 bits per heavy atom. The minimum absolute atomic E-state index is 0.202. The average Bonchev–Trinajstić information content (AvgIpc) is 2.43. The molecule has 0 spiro atoms. The van der Waals surface area contributed by atoms with Crippen LogP contribution in [0.3, 0.4) is 0 Å². The predicted molar refractivity (Wildman–Crippen MR) is 87.1 cm³/mol. The molecule has 7 heteroatoms. The molecule has 0 unspecified atom stereocenters. The molecule has 3 N–H and O–H groups in total. The van der Waals surface area contributed by atoms with Gasteiger partial charge in [-0.15, -0.1) is 0 Å². The lowest BCUT2D eigenvalue weighted by Gasteiger charge is -2.34. The SMILES string of the molecule is NC(=S)C1(C(=O)Nc2ccc(Br)c(Cl)c2)CCOCC1. The van der Waals surface area contributed by atoms with Crippen molar-refractivity contribution >= 4 is 56.3 Å². The van der Waals surface area contributed by atoms with Crippen LogP contribution >= 0.6 is 39.7 Å². The third kappa shape index (κ3) is 3.14. The van der Waals surface area contributed by atoms with Crippen LogP contribution in [0.25, 0.3) is 0 Å². The highest BCUT2D eigenvalue weighted by Gasteiger charge is 2.43. The Kier molecular flexibility index (Phi) is 5.01. The maximum atomic E-state index is 12.5. The van der Waals surface area contributed by atoms with E-state index in [4.69, 9.17) is 34.3 Å². The molecule has 1 aromatic rings. The zero-order valence-electron chi connectivity index (χ0n) is 10.6. The van der Waals surface area contributed by atoms with E-state index in [-0.39, 0.29) is 10.9 Å². The monoisotopic (exact) mass is 376 g/mol. The molecule has 1 aliphatic heterocycles. The van der Waals surface area contributed by atoms with E-state index in [1.807, 2.05) is 0 Å². The Morgan fingerprint density at radius 2 is 2.10 bits per heavy atom. The molecule has 0 aromatic heterocycles. The molecule has 0 atom stereocenters. The summed E-state index contributed by atoms with van der Waals surface area (Å²) in [7, 11) is 0. The maximum absolute atomic E-state index is 12.5. The van der Waals surface area contributed by atoms with Crippen LogP contribution < -0.4 is 11.1 Å². The topological polar surface area (TPSA) is 64.4 Å². The van der Waals surface area contributed by atoms with Crippen molar-refractivity contribution in [2.75, 3.05) is 18.5 Å². The highest BCUT2D eigenvalue weighted by Crippen LogP contribution is 2.33. The summed E-state index contributed by atoms with van der Waals surface area (Å²) >= 11 is 14.4. The van der Waals surface area contributed by atoms with Crippen LogP contribution in [-0.2, 0) is 9.53 Å². The number of benzene rings is 1. The summed E-state index contributed by atoms with van der Waals surface area (Å²) in [5.74, 6) is -0.202. The Labute approximate surface area is 136 Å². The number of hydrogen-bond acceptors (Lipinski definition) is 3. The van der Waals surface area contributed by atoms with Gasteiger partial charge in [0.15, 0.2) is 0 Å². The van der Waals surface area contributed by atoms with Crippen LogP contribution in [0, 0.1) is 5.41 Å². The van der Waals surface area contributed by atoms with Crippen molar-refractivity contribution in [2.45, 2.75) is 12.8 Å². The predicted octanol–water partition coefficient (Wildman–Crippen LogP) is 3.12. The molecular weight excluding hydrogens is 364 g/mol. The Bertz CT molecular complexity index is 547. The van der Waals surface area contributed by atoms with E-state index in [9.17, 15) is 4.79 Å². The van der Waals surface area contributed by atoms with E-state index < -0.39 is 5.41 Å². The molecule has 2 rings (SSSR count). The molecule has 0 saturated carbocycles. The molecule has 1 amide bonds. The number of thiocarbonyl (C=S) groups is 1. The van der Waals surface area contributed by atoms with Crippen LogP contribution in [0.15, 0.2) is 22.7 Å². The van der Waals surface area contributed by atoms with Crippen molar-refractivity contribution in [1.29, 1.82) is 0 Å². The summed E-state index contributed by atoms with van der Waals surface area (Å²) in [6, 6.07) is 5.21. The van der Waals surface area contributed by atoms with E-state index in [2.05, 4.69) is 21.2 Å². The summed E-state index contributed by atoms with van der Waals surface area (Å²) in [6.07, 6.45) is 0.997. The molecule has 20 heavy (non-hydrogen) atoms. The first-order chi connectivity index (χ1) is 9.45. The van der Waals surface area contributed by atoms with Gasteiger partial charge in [-0.2, -0.15) is 0 Å². The largest absolute Gasteiger partial charge is 0.392 e. The van der Waals surface area contributed by atoms with Gasteiger partial charge in [0.2, 0.25) is 5.91 Å². The van der Waals surface area contributed by atoms with Crippen LogP contribution in [0.1, 0.15) is 12.8 Å². The maximum Gasteiger partial charge on any atom is 0.237 e. The van der Waals surface area contributed by atoms with Crippen LogP contribution in [0.4, 0.5) is 5.69 Å². The van der Waals surface area contributed by atoms with Gasteiger partial charge in [-0.05, 0) is 47.0 Å². The number of nitrogens with two attached hydrogens (primary N) is 1. The number of halogens is 2. The molecule has 1 aliphatic rings. The Balaban J connectivity index is 2.20. The van der Waals surface area contributed by atoms with Gasteiger partial charge in [-0.3, -0.25) is 4.79 Å². The van der Waals surface area contributed by atoms with Gasteiger partial charge in [0.1, 0.15) is 5.41 Å². The van der Waals surface area contributed by atoms with Crippen LogP contribution in [-0.4, -0.2) is 24.1 Å². The summed E-state index contributed by atoms with van der Waals surface area (Å²) < 4.78 is 6.06. The number of ether oxygens (including phenoxy) is 1. The van der Waals surface area contributed by atoms with Gasteiger partial charge in [0, 0.05) is 23.4 Å². The average molecular weight is 378 g/mol. The van der Waals surface area contributed by atoms with Crippen molar-refractivity contribution in [2.24, 2.45) is 11.1 Å². The number of rotatable bonds is 3. The summed E-state index contributed by atoms with van der Waals surface area (Å²) in [5, 5.41) is 3.36. The molecule has 108 valence electrons. The van der Waals surface area contributed by atoms with Crippen molar-refractivity contribution < 1.29 is 9.53 Å². The fourth-order valence-corrected chi connectivity index (χ4v) is 2.85. The number of carbonyl (C=O) groups excluding carboxylic acids is 1. The second kappa shape index (κ2) is 6.39. The zero-order valence-corrected chi connectivity index (χ0v) is 13.8. The smallest absolute Gasteiger partial charge is 0.237 e. The van der Waals surface area contributed by atoms with Gasteiger partial charge >= 0.3 is 0 Å². The van der Waals surface area contributed by atoms with Gasteiger partial charge in [-0.1, -0.05) is 23.8 Å². The fourth-order valence-electron chi connectivity index (χ4n) is 2.13. The molecule has 0 radical (unpaired) electrons. The van der Waals surface area contributed by atoms with Crippen LogP contribution in [0.2, 0.25) is 5.02 Å². The Morgan fingerprint density at radius 1 is 1.45 bits per heavy atom. The van der Waals surface area contributed by atoms with E-state index >= 15 is 0 Å². The second-order valence-corrected chi connectivity index (χ2v) is 6.34. The quantitative estimate of drug-likeness (QED) is 0.794. The van der Waals surface area contributed by atoms with Crippen molar-refractivity contribution in [3.63, 3.8) is 0 Å². The summed E-state index contributed by atoms with van der Waals surface area (Å²) in [4.78, 5) is 12.7. The number of nitrogens with one attached hydrogen (secondary N) is 1. The normalized spacial score (nSPS) is 17.5. The highest BCUT2D eigenvalue weighted by molar-refractivity contribution is 9.10. The van der Waals surface area contributed by atoms with Gasteiger partial charge in [-0.25, -0.2) is 0 Å². The van der Waals surface area contributed by atoms with E-state index in [1.165, 1.54) is 0 Å². The third-order valence-corrected chi connectivity index (χ3v) is 5.05. The standard InChI is InChI=1S/C13H14BrClN2O2S/c14-9-2-1-8(7-10(9)15)17-12(18)13(11(16)20)3-5-19-6-4-13/h1-2,7H,3-6H2,(H2,16,20)(H,17,18). The molecule has 4 nitrogen and oxygen atoms in total. The van der Waals surface area contributed by atoms with Gasteiger partial charge < -0.3 is 15.8 Å². The van der Waals surface area contributed by atoms with E-state index in [0.29, 0.717) is 36.8 Å². The summed E-state index contributed by atoms with van der Waals surface area (Å²) in [6.45, 7) is 0.956. The molecule has 1 fully saturated rings. The van der Waals surface area contributed by atoms with Crippen molar-refractivity contribution in [1.82, 2.24) is 0 Å². The fraction of sp³-hybridized carbons (Fsp3) is 0.385. The number of hydrogen-bond donors (Lipinski definition) is 2. The minimum atomic E-state index is -0.840. The van der Waals surface area contributed by atoms with E-state index in [0.717, 1.165) is 4.47 Å². The van der Waals surface area contributed by atoms with Gasteiger partial charge in [0.25, 0.3) is 0 Å². The number of carbonyl (C=O) groups is 1. The lowest BCUT2D eigenvalue weighted by Crippen LogP contribution is -2.49. The zero-order chi connectivity index (χ0) is 14.8. The first kappa shape index (κ1) is 15.7.